The second kappa shape index (κ2) is 7.00. The lowest BCUT2D eigenvalue weighted by Crippen LogP contribution is -2.24. The van der Waals surface area contributed by atoms with E-state index in [1.165, 1.54) is 6.07 Å². The summed E-state index contributed by atoms with van der Waals surface area (Å²) in [5.41, 5.74) is 2.95. The number of hydrogen-bond donors (Lipinski definition) is 1. The minimum Gasteiger partial charge on any atom is -0.306 e. The van der Waals surface area contributed by atoms with Crippen LogP contribution in [0, 0.1) is 12.7 Å². The van der Waals surface area contributed by atoms with E-state index in [0.717, 1.165) is 28.6 Å². The van der Waals surface area contributed by atoms with Gasteiger partial charge in [0.05, 0.1) is 6.04 Å². The third-order valence-electron chi connectivity index (χ3n) is 3.44. The van der Waals surface area contributed by atoms with Gasteiger partial charge < -0.3 is 5.32 Å². The highest BCUT2D eigenvalue weighted by atomic mass is 79.9. The molecule has 1 nitrogen and oxygen atoms in total. The molecule has 0 aliphatic rings. The van der Waals surface area contributed by atoms with Crippen LogP contribution in [0.4, 0.5) is 4.39 Å². The van der Waals surface area contributed by atoms with Crippen LogP contribution in [0.15, 0.2) is 46.9 Å². The van der Waals surface area contributed by atoms with Crippen molar-refractivity contribution in [1.29, 1.82) is 0 Å². The van der Waals surface area contributed by atoms with E-state index in [0.29, 0.717) is 5.56 Å². The van der Waals surface area contributed by atoms with Crippen molar-refractivity contribution in [2.75, 3.05) is 6.54 Å². The molecule has 0 saturated heterocycles. The van der Waals surface area contributed by atoms with Crippen molar-refractivity contribution >= 4 is 15.9 Å². The van der Waals surface area contributed by atoms with Crippen LogP contribution in [0.5, 0.6) is 0 Å². The third kappa shape index (κ3) is 3.28. The summed E-state index contributed by atoms with van der Waals surface area (Å²) in [7, 11) is 0. The summed E-state index contributed by atoms with van der Waals surface area (Å²) in [6.45, 7) is 5.02. The van der Waals surface area contributed by atoms with Crippen molar-refractivity contribution in [3.05, 3.63) is 69.4 Å². The Balaban J connectivity index is 2.47. The van der Waals surface area contributed by atoms with E-state index in [1.54, 1.807) is 6.07 Å². The Morgan fingerprint density at radius 1 is 1.10 bits per heavy atom. The van der Waals surface area contributed by atoms with E-state index in [9.17, 15) is 4.39 Å². The molecule has 3 heteroatoms. The lowest BCUT2D eigenvalue weighted by molar-refractivity contribution is 0.545. The zero-order valence-corrected chi connectivity index (χ0v) is 13.4. The quantitative estimate of drug-likeness (QED) is 0.811. The first-order valence-corrected chi connectivity index (χ1v) is 7.67. The van der Waals surface area contributed by atoms with E-state index in [4.69, 9.17) is 0 Å². The zero-order chi connectivity index (χ0) is 14.5. The maximum Gasteiger partial charge on any atom is 0.128 e. The van der Waals surface area contributed by atoms with Crippen molar-refractivity contribution in [2.24, 2.45) is 0 Å². The first kappa shape index (κ1) is 15.2. The molecule has 20 heavy (non-hydrogen) atoms. The van der Waals surface area contributed by atoms with Crippen LogP contribution in [0.25, 0.3) is 0 Å². The number of rotatable bonds is 5. The SMILES string of the molecule is CCCNC(c1ccccc1F)c1cccc(Br)c1C. The van der Waals surface area contributed by atoms with Crippen molar-refractivity contribution in [3.8, 4) is 0 Å². The minimum atomic E-state index is -0.166. The third-order valence-corrected chi connectivity index (χ3v) is 4.29. The van der Waals surface area contributed by atoms with Gasteiger partial charge in [-0.3, -0.25) is 0 Å². The molecule has 0 saturated carbocycles. The molecule has 0 spiro atoms. The first-order valence-electron chi connectivity index (χ1n) is 6.88. The molecule has 0 fully saturated rings. The van der Waals surface area contributed by atoms with Crippen LogP contribution in [-0.4, -0.2) is 6.54 Å². The van der Waals surface area contributed by atoms with Gasteiger partial charge in [0.15, 0.2) is 0 Å². The van der Waals surface area contributed by atoms with Crippen molar-refractivity contribution < 1.29 is 4.39 Å². The lowest BCUT2D eigenvalue weighted by atomic mass is 9.94. The molecule has 0 heterocycles. The van der Waals surface area contributed by atoms with Gasteiger partial charge in [-0.15, -0.1) is 0 Å². The predicted molar refractivity (Wildman–Crippen MR) is 85.4 cm³/mol. The van der Waals surface area contributed by atoms with E-state index in [2.05, 4.69) is 41.2 Å². The summed E-state index contributed by atoms with van der Waals surface area (Å²) in [6.07, 6.45) is 1.01. The van der Waals surface area contributed by atoms with E-state index in [1.807, 2.05) is 24.3 Å². The van der Waals surface area contributed by atoms with Gasteiger partial charge in [0, 0.05) is 10.0 Å². The molecule has 106 valence electrons. The summed E-state index contributed by atoms with van der Waals surface area (Å²) in [5.74, 6) is -0.166. The predicted octanol–water partition coefficient (Wildman–Crippen LogP) is 4.99. The Bertz CT molecular complexity index is 583. The maximum absolute atomic E-state index is 14.1. The molecule has 2 aromatic rings. The molecule has 2 aromatic carbocycles. The Kier molecular flexibility index (Phi) is 5.32. The Labute approximate surface area is 128 Å². The molecule has 0 aliphatic carbocycles. The smallest absolute Gasteiger partial charge is 0.128 e. The van der Waals surface area contributed by atoms with Crippen molar-refractivity contribution in [1.82, 2.24) is 5.32 Å². The lowest BCUT2D eigenvalue weighted by Gasteiger charge is -2.22. The maximum atomic E-state index is 14.1. The number of benzene rings is 2. The average Bonchev–Trinajstić information content (AvgIpc) is 2.45. The minimum absolute atomic E-state index is 0.117. The molecule has 1 unspecified atom stereocenters. The average molecular weight is 336 g/mol. The summed E-state index contributed by atoms with van der Waals surface area (Å²) >= 11 is 3.55. The van der Waals surface area contributed by atoms with Crippen molar-refractivity contribution in [3.63, 3.8) is 0 Å². The van der Waals surface area contributed by atoms with Crippen LogP contribution < -0.4 is 5.32 Å². The van der Waals surface area contributed by atoms with Crippen LogP contribution in [0.3, 0.4) is 0 Å². The summed E-state index contributed by atoms with van der Waals surface area (Å²) in [6, 6.07) is 12.9. The Morgan fingerprint density at radius 2 is 1.80 bits per heavy atom. The summed E-state index contributed by atoms with van der Waals surface area (Å²) in [4.78, 5) is 0. The molecule has 2 rings (SSSR count). The molecule has 0 aromatic heterocycles. The van der Waals surface area contributed by atoms with Gasteiger partial charge >= 0.3 is 0 Å². The highest BCUT2D eigenvalue weighted by Gasteiger charge is 2.19. The van der Waals surface area contributed by atoms with Gasteiger partial charge in [-0.1, -0.05) is 53.2 Å². The van der Waals surface area contributed by atoms with Gasteiger partial charge in [-0.05, 0) is 43.1 Å². The van der Waals surface area contributed by atoms with Crippen LogP contribution in [0.2, 0.25) is 0 Å². The topological polar surface area (TPSA) is 12.0 Å². The number of nitrogens with one attached hydrogen (secondary N) is 1. The van der Waals surface area contributed by atoms with Gasteiger partial charge in [0.2, 0.25) is 0 Å². The van der Waals surface area contributed by atoms with E-state index < -0.39 is 0 Å². The normalized spacial score (nSPS) is 12.4. The van der Waals surface area contributed by atoms with Gasteiger partial charge in [-0.25, -0.2) is 4.39 Å². The van der Waals surface area contributed by atoms with Gasteiger partial charge in [0.1, 0.15) is 5.82 Å². The molecule has 0 radical (unpaired) electrons. The second-order valence-electron chi connectivity index (χ2n) is 4.86. The van der Waals surface area contributed by atoms with Gasteiger partial charge in [-0.2, -0.15) is 0 Å². The molecule has 1 N–H and O–H groups in total. The zero-order valence-electron chi connectivity index (χ0n) is 11.8. The summed E-state index contributed by atoms with van der Waals surface area (Å²) < 4.78 is 15.2. The molecule has 1 atom stereocenters. The standard InChI is InChI=1S/C17H19BrFN/c1-3-11-20-17(14-7-4-5-10-16(14)19)13-8-6-9-15(18)12(13)2/h4-10,17,20H,3,11H2,1-2H3. The van der Waals surface area contributed by atoms with Crippen LogP contribution >= 0.6 is 15.9 Å². The Hall–Kier alpha value is -1.19. The van der Waals surface area contributed by atoms with E-state index >= 15 is 0 Å². The van der Waals surface area contributed by atoms with Crippen molar-refractivity contribution in [2.45, 2.75) is 26.3 Å². The summed E-state index contributed by atoms with van der Waals surface area (Å²) in [5, 5.41) is 3.45. The number of hydrogen-bond acceptors (Lipinski definition) is 1. The molecule has 0 amide bonds. The molecular formula is C17H19BrFN. The van der Waals surface area contributed by atoms with Crippen LogP contribution in [0.1, 0.15) is 36.1 Å². The monoisotopic (exact) mass is 335 g/mol. The molecule has 0 bridgehead atoms. The fraction of sp³-hybridized carbons (Fsp3) is 0.294. The highest BCUT2D eigenvalue weighted by molar-refractivity contribution is 9.10. The molecule has 0 aliphatic heterocycles. The van der Waals surface area contributed by atoms with E-state index in [-0.39, 0.29) is 11.9 Å². The Morgan fingerprint density at radius 3 is 2.50 bits per heavy atom. The fourth-order valence-corrected chi connectivity index (χ4v) is 2.70. The van der Waals surface area contributed by atoms with Crippen LogP contribution in [-0.2, 0) is 0 Å². The second-order valence-corrected chi connectivity index (χ2v) is 5.72. The largest absolute Gasteiger partial charge is 0.306 e. The highest BCUT2D eigenvalue weighted by Crippen LogP contribution is 2.30. The number of halogens is 2. The fourth-order valence-electron chi connectivity index (χ4n) is 2.32. The first-order chi connectivity index (χ1) is 9.65. The molecular weight excluding hydrogens is 317 g/mol. The van der Waals surface area contributed by atoms with Gasteiger partial charge in [0.25, 0.3) is 0 Å².